The van der Waals surface area contributed by atoms with Crippen LogP contribution in [-0.4, -0.2) is 76.2 Å². The number of nitriles is 1. The number of fused-ring (bicyclic) bond motifs is 1. The van der Waals surface area contributed by atoms with Gasteiger partial charge in [0.15, 0.2) is 0 Å². The molecular weight excluding hydrogens is 474 g/mol. The Morgan fingerprint density at radius 1 is 1.14 bits per heavy atom. The van der Waals surface area contributed by atoms with Crippen molar-refractivity contribution in [3.05, 3.63) is 53.1 Å². The minimum Gasteiger partial charge on any atom is -0.490 e. The van der Waals surface area contributed by atoms with Crippen LogP contribution in [0.25, 0.3) is 22.8 Å². The van der Waals surface area contributed by atoms with E-state index in [0.29, 0.717) is 35.1 Å². The Hall–Kier alpha value is -3.78. The van der Waals surface area contributed by atoms with Crippen LogP contribution in [0.15, 0.2) is 40.9 Å². The average molecular weight is 506 g/mol. The topological polar surface area (TPSA) is 145 Å². The molecular formula is C27H31N5O5. The number of aromatic nitrogens is 2. The number of amides is 1. The highest BCUT2D eigenvalue weighted by Crippen LogP contribution is 2.29. The largest absolute Gasteiger partial charge is 0.490 e. The van der Waals surface area contributed by atoms with Crippen molar-refractivity contribution in [3.8, 4) is 34.7 Å². The highest BCUT2D eigenvalue weighted by Gasteiger charge is 2.20. The summed E-state index contributed by atoms with van der Waals surface area (Å²) in [6.45, 7) is 4.84. The molecule has 1 aromatic heterocycles. The van der Waals surface area contributed by atoms with E-state index in [1.165, 1.54) is 5.56 Å². The molecule has 0 aliphatic carbocycles. The van der Waals surface area contributed by atoms with E-state index in [9.17, 15) is 20.3 Å². The zero-order chi connectivity index (χ0) is 26.4. The second kappa shape index (κ2) is 12.0. The zero-order valence-electron chi connectivity index (χ0n) is 21.0. The zero-order valence-corrected chi connectivity index (χ0v) is 21.0. The Balaban J connectivity index is 1.45. The molecule has 0 radical (unpaired) electrons. The molecule has 2 heterocycles. The Labute approximate surface area is 215 Å². The Morgan fingerprint density at radius 3 is 2.57 bits per heavy atom. The van der Waals surface area contributed by atoms with Gasteiger partial charge in [0.1, 0.15) is 11.8 Å². The number of hydrogen-bond donors (Lipinski definition) is 3. The first-order valence-corrected chi connectivity index (χ1v) is 12.3. The highest BCUT2D eigenvalue weighted by atomic mass is 16.5. The molecule has 10 nitrogen and oxygen atoms in total. The summed E-state index contributed by atoms with van der Waals surface area (Å²) in [6, 6.07) is 12.8. The molecule has 1 aliphatic heterocycles. The summed E-state index contributed by atoms with van der Waals surface area (Å²) >= 11 is 0. The summed E-state index contributed by atoms with van der Waals surface area (Å²) in [7, 11) is 0. The average Bonchev–Trinajstić information content (AvgIpc) is 3.30. The van der Waals surface area contributed by atoms with Crippen LogP contribution in [0.1, 0.15) is 30.5 Å². The van der Waals surface area contributed by atoms with Crippen LogP contribution in [0.4, 0.5) is 0 Å². The van der Waals surface area contributed by atoms with Gasteiger partial charge in [-0.3, -0.25) is 9.69 Å². The Morgan fingerprint density at radius 2 is 1.86 bits per heavy atom. The molecule has 0 unspecified atom stereocenters. The summed E-state index contributed by atoms with van der Waals surface area (Å²) in [5.41, 5.74) is 4.24. The normalized spacial score (nSPS) is 13.8. The molecule has 194 valence electrons. The molecule has 3 N–H and O–H groups in total. The second-order valence-electron chi connectivity index (χ2n) is 9.30. The minimum atomic E-state index is -0.642. The van der Waals surface area contributed by atoms with Crippen molar-refractivity contribution in [3.63, 3.8) is 0 Å². The Bertz CT molecular complexity index is 1280. The first kappa shape index (κ1) is 26.3. The van der Waals surface area contributed by atoms with E-state index in [1.807, 2.05) is 19.9 Å². The molecule has 0 bridgehead atoms. The van der Waals surface area contributed by atoms with Crippen molar-refractivity contribution in [2.45, 2.75) is 38.8 Å². The summed E-state index contributed by atoms with van der Waals surface area (Å²) < 4.78 is 11.2. The molecule has 10 heteroatoms. The van der Waals surface area contributed by atoms with Crippen molar-refractivity contribution >= 4 is 5.91 Å². The number of ether oxygens (including phenoxy) is 1. The van der Waals surface area contributed by atoms with E-state index in [4.69, 9.17) is 9.26 Å². The van der Waals surface area contributed by atoms with Crippen molar-refractivity contribution in [2.24, 2.45) is 0 Å². The van der Waals surface area contributed by atoms with Crippen LogP contribution in [0.3, 0.4) is 0 Å². The van der Waals surface area contributed by atoms with Gasteiger partial charge in [0.05, 0.1) is 37.5 Å². The van der Waals surface area contributed by atoms with E-state index in [1.54, 1.807) is 18.2 Å². The van der Waals surface area contributed by atoms with Crippen LogP contribution in [0, 0.1) is 11.3 Å². The van der Waals surface area contributed by atoms with Gasteiger partial charge in [-0.25, -0.2) is 0 Å². The molecule has 0 saturated heterocycles. The van der Waals surface area contributed by atoms with Crippen molar-refractivity contribution in [2.75, 3.05) is 32.8 Å². The predicted molar refractivity (Wildman–Crippen MR) is 136 cm³/mol. The second-order valence-corrected chi connectivity index (χ2v) is 9.30. The number of carbonyl (C=O) groups is 1. The molecule has 1 aliphatic rings. The van der Waals surface area contributed by atoms with Gasteiger partial charge in [-0.2, -0.15) is 10.2 Å². The van der Waals surface area contributed by atoms with E-state index in [-0.39, 0.29) is 31.8 Å². The van der Waals surface area contributed by atoms with Gasteiger partial charge >= 0.3 is 0 Å². The third-order valence-electron chi connectivity index (χ3n) is 6.17. The van der Waals surface area contributed by atoms with Crippen molar-refractivity contribution < 1.29 is 24.3 Å². The maximum atomic E-state index is 12.3. The predicted octanol–water partition coefficient (Wildman–Crippen LogP) is 1.93. The van der Waals surface area contributed by atoms with E-state index >= 15 is 0 Å². The maximum absolute atomic E-state index is 12.3. The van der Waals surface area contributed by atoms with Gasteiger partial charge in [-0.05, 0) is 62.1 Å². The maximum Gasteiger partial charge on any atom is 0.258 e. The fraction of sp³-hybridized carbons (Fsp3) is 0.407. The SMILES string of the molecule is CC(C)Oc1ccc(-c2nc(-c3ccc4c(c3)CCN(CC(=O)NC(CO)CO)CC4)no2)cc1C#N. The fourth-order valence-electron chi connectivity index (χ4n) is 4.26. The lowest BCUT2D eigenvalue weighted by Crippen LogP contribution is -2.45. The Kier molecular flexibility index (Phi) is 8.50. The van der Waals surface area contributed by atoms with Crippen LogP contribution >= 0.6 is 0 Å². The van der Waals surface area contributed by atoms with Crippen molar-refractivity contribution in [1.29, 1.82) is 5.26 Å². The van der Waals surface area contributed by atoms with Gasteiger partial charge < -0.3 is 24.8 Å². The number of nitrogens with one attached hydrogen (secondary N) is 1. The number of carbonyl (C=O) groups excluding carboxylic acids is 1. The van der Waals surface area contributed by atoms with Gasteiger partial charge in [-0.1, -0.05) is 17.3 Å². The number of hydrogen-bond acceptors (Lipinski definition) is 9. The van der Waals surface area contributed by atoms with Gasteiger partial charge in [0.25, 0.3) is 5.89 Å². The molecule has 3 aromatic rings. The highest BCUT2D eigenvalue weighted by molar-refractivity contribution is 5.78. The number of aliphatic hydroxyl groups excluding tert-OH is 2. The number of aliphatic hydroxyl groups is 2. The standard InChI is InChI=1S/C27H31N5O5/c1-17(2)36-24-6-5-21(12-22(24)13-28)27-30-26(31-37-27)20-4-3-18-7-9-32(10-8-19(18)11-20)14-25(35)29-23(15-33)16-34/h3-6,11-12,17,23,33-34H,7-10,14-16H2,1-2H3,(H,29,35). The van der Waals surface area contributed by atoms with Gasteiger partial charge in [-0.15, -0.1) is 0 Å². The van der Waals surface area contributed by atoms with Gasteiger partial charge in [0, 0.05) is 24.2 Å². The van der Waals surface area contributed by atoms with Crippen molar-refractivity contribution in [1.82, 2.24) is 20.4 Å². The van der Waals surface area contributed by atoms with E-state index < -0.39 is 6.04 Å². The summed E-state index contributed by atoms with van der Waals surface area (Å²) in [6.07, 6.45) is 1.51. The first-order chi connectivity index (χ1) is 17.9. The molecule has 2 aromatic carbocycles. The third kappa shape index (κ3) is 6.51. The number of nitrogens with zero attached hydrogens (tertiary/aromatic N) is 4. The van der Waals surface area contributed by atoms with Crippen LogP contribution < -0.4 is 10.1 Å². The monoisotopic (exact) mass is 505 g/mol. The quantitative estimate of drug-likeness (QED) is 0.397. The smallest absolute Gasteiger partial charge is 0.258 e. The minimum absolute atomic E-state index is 0.0460. The molecule has 0 fully saturated rings. The summed E-state index contributed by atoms with van der Waals surface area (Å²) in [4.78, 5) is 18.9. The van der Waals surface area contributed by atoms with Crippen LogP contribution in [-0.2, 0) is 17.6 Å². The molecule has 4 rings (SSSR count). The lowest BCUT2D eigenvalue weighted by atomic mass is 10.00. The third-order valence-corrected chi connectivity index (χ3v) is 6.17. The summed E-state index contributed by atoms with van der Waals surface area (Å²) in [5.74, 6) is 1.07. The molecule has 0 atom stereocenters. The molecule has 0 saturated carbocycles. The van der Waals surface area contributed by atoms with Crippen LogP contribution in [0.2, 0.25) is 0 Å². The number of rotatable bonds is 9. The molecule has 37 heavy (non-hydrogen) atoms. The van der Waals surface area contributed by atoms with E-state index in [2.05, 4.69) is 38.6 Å². The summed E-state index contributed by atoms with van der Waals surface area (Å²) in [5, 5.41) is 34.6. The number of benzene rings is 2. The fourth-order valence-corrected chi connectivity index (χ4v) is 4.26. The molecule has 0 spiro atoms. The van der Waals surface area contributed by atoms with E-state index in [0.717, 1.165) is 30.5 Å². The van der Waals surface area contributed by atoms with Crippen LogP contribution in [0.5, 0.6) is 5.75 Å². The lowest BCUT2D eigenvalue weighted by molar-refractivity contribution is -0.123. The van der Waals surface area contributed by atoms with Gasteiger partial charge in [0.2, 0.25) is 11.7 Å². The first-order valence-electron chi connectivity index (χ1n) is 12.3. The lowest BCUT2D eigenvalue weighted by Gasteiger charge is -2.21. The molecule has 1 amide bonds.